The lowest BCUT2D eigenvalue weighted by atomic mass is 9.98. The third-order valence-electron chi connectivity index (χ3n) is 3.92. The molecular formula is C14H13NO7. The highest BCUT2D eigenvalue weighted by Crippen LogP contribution is 2.65. The summed E-state index contributed by atoms with van der Waals surface area (Å²) in [4.78, 5) is 45.4. The zero-order valence-electron chi connectivity index (χ0n) is 11.8. The number of carbonyl (C=O) groups is 3. The minimum absolute atomic E-state index is 0.131. The van der Waals surface area contributed by atoms with Crippen molar-refractivity contribution >= 4 is 23.9 Å². The van der Waals surface area contributed by atoms with E-state index in [0.717, 1.165) is 14.2 Å². The first-order chi connectivity index (χ1) is 10.4. The number of non-ortho nitro benzene ring substituents is 1. The maximum atomic E-state index is 12.0. The molecule has 1 aliphatic carbocycles. The Kier molecular flexibility index (Phi) is 3.94. The van der Waals surface area contributed by atoms with Crippen molar-refractivity contribution in [3.05, 3.63) is 39.9 Å². The number of aldehydes is 1. The maximum absolute atomic E-state index is 12.0. The highest BCUT2D eigenvalue weighted by atomic mass is 16.6. The molecule has 1 aromatic carbocycles. The van der Waals surface area contributed by atoms with Crippen molar-refractivity contribution in [2.45, 2.75) is 5.92 Å². The van der Waals surface area contributed by atoms with E-state index in [1.807, 2.05) is 0 Å². The molecule has 0 spiro atoms. The van der Waals surface area contributed by atoms with Gasteiger partial charge in [0.05, 0.1) is 25.1 Å². The number of carbonyl (C=O) groups excluding carboxylic acids is 3. The third kappa shape index (κ3) is 2.03. The Morgan fingerprint density at radius 3 is 2.05 bits per heavy atom. The standard InChI is InChI=1S/C14H13NO7/c1-21-12(17)14(13(18)22-2)10(7-16)11(14)8-3-5-9(6-4-8)15(19)20/h3-7,10-11H,1-2H3/t10-,11-/m1/s1. The van der Waals surface area contributed by atoms with E-state index in [9.17, 15) is 24.5 Å². The summed E-state index contributed by atoms with van der Waals surface area (Å²) >= 11 is 0. The Morgan fingerprint density at radius 1 is 1.18 bits per heavy atom. The Morgan fingerprint density at radius 2 is 1.68 bits per heavy atom. The Bertz CT molecular complexity index is 621. The quantitative estimate of drug-likeness (QED) is 0.260. The van der Waals surface area contributed by atoms with Crippen LogP contribution in [-0.2, 0) is 23.9 Å². The highest BCUT2D eigenvalue weighted by Gasteiger charge is 2.77. The third-order valence-corrected chi connectivity index (χ3v) is 3.92. The molecule has 1 aromatic rings. The fraction of sp³-hybridized carbons (Fsp3) is 0.357. The van der Waals surface area contributed by atoms with Crippen LogP contribution in [0.3, 0.4) is 0 Å². The molecule has 8 nitrogen and oxygen atoms in total. The number of ether oxygens (including phenoxy) is 2. The van der Waals surface area contributed by atoms with Crippen LogP contribution in [0.2, 0.25) is 0 Å². The molecule has 0 heterocycles. The molecule has 0 bridgehead atoms. The first kappa shape index (κ1) is 15.6. The molecule has 116 valence electrons. The Labute approximate surface area is 125 Å². The number of hydrogen-bond donors (Lipinski definition) is 0. The van der Waals surface area contributed by atoms with Gasteiger partial charge in [0.2, 0.25) is 0 Å². The molecule has 1 fully saturated rings. The van der Waals surface area contributed by atoms with Crippen molar-refractivity contribution in [2.75, 3.05) is 14.2 Å². The Hall–Kier alpha value is -2.77. The molecule has 0 saturated heterocycles. The predicted molar refractivity (Wildman–Crippen MR) is 71.9 cm³/mol. The van der Waals surface area contributed by atoms with E-state index >= 15 is 0 Å². The van der Waals surface area contributed by atoms with Crippen molar-refractivity contribution in [1.29, 1.82) is 0 Å². The number of methoxy groups -OCH3 is 2. The van der Waals surface area contributed by atoms with Crippen LogP contribution in [0, 0.1) is 21.4 Å². The summed E-state index contributed by atoms with van der Waals surface area (Å²) in [5, 5.41) is 10.7. The summed E-state index contributed by atoms with van der Waals surface area (Å²) < 4.78 is 9.28. The molecular weight excluding hydrogens is 294 g/mol. The van der Waals surface area contributed by atoms with E-state index < -0.39 is 34.1 Å². The molecule has 0 aliphatic heterocycles. The second kappa shape index (κ2) is 5.55. The van der Waals surface area contributed by atoms with E-state index in [1.54, 1.807) is 0 Å². The van der Waals surface area contributed by atoms with Gasteiger partial charge in [0.25, 0.3) is 5.69 Å². The van der Waals surface area contributed by atoms with Crippen LogP contribution in [0.5, 0.6) is 0 Å². The second-order valence-corrected chi connectivity index (χ2v) is 4.84. The van der Waals surface area contributed by atoms with Crippen LogP contribution in [0.25, 0.3) is 0 Å². The molecule has 2 rings (SSSR count). The number of hydrogen-bond acceptors (Lipinski definition) is 7. The largest absolute Gasteiger partial charge is 0.468 e. The average molecular weight is 307 g/mol. The monoisotopic (exact) mass is 307 g/mol. The first-order valence-electron chi connectivity index (χ1n) is 6.31. The van der Waals surface area contributed by atoms with E-state index in [0.29, 0.717) is 11.8 Å². The van der Waals surface area contributed by atoms with Gasteiger partial charge >= 0.3 is 11.9 Å². The van der Waals surface area contributed by atoms with Gasteiger partial charge < -0.3 is 14.3 Å². The summed E-state index contributed by atoms with van der Waals surface area (Å²) in [7, 11) is 2.22. The molecule has 8 heteroatoms. The maximum Gasteiger partial charge on any atom is 0.324 e. The number of rotatable bonds is 5. The number of nitro benzene ring substituents is 1. The fourth-order valence-corrected chi connectivity index (χ4v) is 2.82. The molecule has 1 aliphatic rings. The van der Waals surface area contributed by atoms with Crippen molar-refractivity contribution in [2.24, 2.45) is 11.3 Å². The predicted octanol–water partition coefficient (Wildman–Crippen LogP) is 0.839. The van der Waals surface area contributed by atoms with Crippen molar-refractivity contribution in [3.63, 3.8) is 0 Å². The normalized spacial score (nSPS) is 21.5. The van der Waals surface area contributed by atoms with Gasteiger partial charge in [-0.25, -0.2) is 0 Å². The zero-order valence-corrected chi connectivity index (χ0v) is 11.8. The van der Waals surface area contributed by atoms with Gasteiger partial charge in [0.1, 0.15) is 6.29 Å². The molecule has 0 amide bonds. The zero-order chi connectivity index (χ0) is 16.5. The number of nitrogens with zero attached hydrogens (tertiary/aromatic N) is 1. The summed E-state index contributed by atoms with van der Waals surface area (Å²) in [6.07, 6.45) is 0.500. The van der Waals surface area contributed by atoms with E-state index in [4.69, 9.17) is 0 Å². The molecule has 22 heavy (non-hydrogen) atoms. The molecule has 1 saturated carbocycles. The summed E-state index contributed by atoms with van der Waals surface area (Å²) in [5.74, 6) is -3.40. The van der Waals surface area contributed by atoms with Gasteiger partial charge in [-0.15, -0.1) is 0 Å². The van der Waals surface area contributed by atoms with E-state index in [1.165, 1.54) is 24.3 Å². The number of benzene rings is 1. The van der Waals surface area contributed by atoms with Crippen molar-refractivity contribution in [3.8, 4) is 0 Å². The first-order valence-corrected chi connectivity index (χ1v) is 6.31. The Balaban J connectivity index is 2.45. The summed E-state index contributed by atoms with van der Waals surface area (Å²) in [6, 6.07) is 5.31. The van der Waals surface area contributed by atoms with Crippen LogP contribution < -0.4 is 0 Å². The topological polar surface area (TPSA) is 113 Å². The van der Waals surface area contributed by atoms with Gasteiger partial charge in [0.15, 0.2) is 5.41 Å². The average Bonchev–Trinajstić information content (AvgIpc) is 3.23. The second-order valence-electron chi connectivity index (χ2n) is 4.84. The SMILES string of the molecule is COC(=O)C1(C(=O)OC)[C@H](C=O)[C@H]1c1ccc([N+](=O)[O-])cc1. The smallest absolute Gasteiger partial charge is 0.324 e. The molecule has 0 unspecified atom stereocenters. The minimum atomic E-state index is -1.72. The van der Waals surface area contributed by atoms with Gasteiger partial charge in [-0.2, -0.15) is 0 Å². The van der Waals surface area contributed by atoms with Gasteiger partial charge in [-0.05, 0) is 5.56 Å². The van der Waals surface area contributed by atoms with Crippen molar-refractivity contribution in [1.82, 2.24) is 0 Å². The fourth-order valence-electron chi connectivity index (χ4n) is 2.82. The minimum Gasteiger partial charge on any atom is -0.468 e. The van der Waals surface area contributed by atoms with Crippen molar-refractivity contribution < 1.29 is 28.8 Å². The molecule has 2 atom stereocenters. The van der Waals surface area contributed by atoms with Crippen LogP contribution >= 0.6 is 0 Å². The van der Waals surface area contributed by atoms with Crippen LogP contribution in [0.1, 0.15) is 11.5 Å². The van der Waals surface area contributed by atoms with E-state index in [-0.39, 0.29) is 5.69 Å². The van der Waals surface area contributed by atoms with Crippen LogP contribution in [-0.4, -0.2) is 37.4 Å². The summed E-state index contributed by atoms with van der Waals surface area (Å²) in [6.45, 7) is 0. The number of esters is 2. The van der Waals surface area contributed by atoms with Crippen LogP contribution in [0.15, 0.2) is 24.3 Å². The van der Waals surface area contributed by atoms with Gasteiger partial charge in [-0.1, -0.05) is 12.1 Å². The lowest BCUT2D eigenvalue weighted by Crippen LogP contribution is -2.32. The van der Waals surface area contributed by atoms with E-state index in [2.05, 4.69) is 9.47 Å². The van der Waals surface area contributed by atoms with Gasteiger partial charge in [-0.3, -0.25) is 19.7 Å². The lowest BCUT2D eigenvalue weighted by molar-refractivity contribution is -0.384. The van der Waals surface area contributed by atoms with Gasteiger partial charge in [0, 0.05) is 18.1 Å². The highest BCUT2D eigenvalue weighted by molar-refractivity contribution is 6.09. The molecule has 0 aromatic heterocycles. The molecule has 0 N–H and O–H groups in total. The lowest BCUT2D eigenvalue weighted by Gasteiger charge is -2.12. The number of nitro groups is 1. The summed E-state index contributed by atoms with van der Waals surface area (Å²) in [5.41, 5.74) is -1.39. The molecule has 0 radical (unpaired) electrons. The van der Waals surface area contributed by atoms with Crippen LogP contribution in [0.4, 0.5) is 5.69 Å².